The van der Waals surface area contributed by atoms with Gasteiger partial charge in [0.25, 0.3) is 0 Å². The summed E-state index contributed by atoms with van der Waals surface area (Å²) in [4.78, 5) is 2.76. The van der Waals surface area contributed by atoms with E-state index < -0.39 is 0 Å². The Balaban J connectivity index is 1.24. The Morgan fingerprint density at radius 1 is 0.636 bits per heavy atom. The summed E-state index contributed by atoms with van der Waals surface area (Å²) in [6.45, 7) is 16.3. The fourth-order valence-corrected chi connectivity index (χ4v) is 8.13. The molecule has 2 fully saturated rings. The molecule has 230 valence electrons. The van der Waals surface area contributed by atoms with Gasteiger partial charge in [-0.1, -0.05) is 95.1 Å². The molecule has 0 aromatic heterocycles. The highest BCUT2D eigenvalue weighted by atomic mass is 15.4. The molecule has 2 heteroatoms. The molecule has 0 radical (unpaired) electrons. The van der Waals surface area contributed by atoms with E-state index in [-0.39, 0.29) is 0 Å². The van der Waals surface area contributed by atoms with Gasteiger partial charge in [-0.25, -0.2) is 0 Å². The third-order valence-electron chi connectivity index (χ3n) is 10.2. The average Bonchev–Trinajstić information content (AvgIpc) is 2.96. The fourth-order valence-electron chi connectivity index (χ4n) is 8.13. The summed E-state index contributed by atoms with van der Waals surface area (Å²) in [6, 6.07) is 30.3. The molecule has 0 atom stereocenters. The molecule has 1 saturated heterocycles. The van der Waals surface area contributed by atoms with E-state index in [0.29, 0.717) is 0 Å². The normalized spacial score (nSPS) is 16.1. The van der Waals surface area contributed by atoms with Crippen LogP contribution in [0.1, 0.15) is 90.3 Å². The van der Waals surface area contributed by atoms with E-state index in [9.17, 15) is 0 Å². The van der Waals surface area contributed by atoms with Crippen molar-refractivity contribution >= 4 is 16.5 Å². The zero-order chi connectivity index (χ0) is 30.5. The van der Waals surface area contributed by atoms with Gasteiger partial charge in [0.05, 0.1) is 19.6 Å². The second-order valence-corrected chi connectivity index (χ2v) is 14.2. The zero-order valence-electron chi connectivity index (χ0n) is 27.8. The number of hydrogen-bond donors (Lipinski definition) is 0. The minimum atomic E-state index is 0.983. The molecule has 1 aliphatic carbocycles. The molecule has 1 saturated carbocycles. The second kappa shape index (κ2) is 13.7. The Kier molecular flexibility index (Phi) is 9.57. The average molecular weight is 586 g/mol. The van der Waals surface area contributed by atoms with Crippen molar-refractivity contribution in [3.63, 3.8) is 0 Å². The molecule has 0 bridgehead atoms. The SMILES string of the molecule is Cc1cc(C)cc(CN(CCCC[N+]2(Cc3cc(C)cc(C)c3)CCCCC2)C(=C2CCC2)c2ccc3ccccc3c2)c1. The topological polar surface area (TPSA) is 3.24 Å². The predicted molar refractivity (Wildman–Crippen MR) is 189 cm³/mol. The molecule has 2 nitrogen and oxygen atoms in total. The van der Waals surface area contributed by atoms with Crippen LogP contribution in [0.3, 0.4) is 0 Å². The Morgan fingerprint density at radius 2 is 1.27 bits per heavy atom. The van der Waals surface area contributed by atoms with E-state index in [1.165, 1.54) is 137 Å². The largest absolute Gasteiger partial charge is 0.367 e. The lowest BCUT2D eigenvalue weighted by Crippen LogP contribution is -2.51. The van der Waals surface area contributed by atoms with Gasteiger partial charge in [-0.3, -0.25) is 0 Å². The third-order valence-corrected chi connectivity index (χ3v) is 10.2. The molecule has 1 heterocycles. The number of nitrogens with zero attached hydrogens (tertiary/aromatic N) is 2. The molecule has 1 aliphatic heterocycles. The van der Waals surface area contributed by atoms with E-state index >= 15 is 0 Å². The van der Waals surface area contributed by atoms with E-state index in [2.05, 4.69) is 111 Å². The number of fused-ring (bicyclic) bond motifs is 1. The Labute approximate surface area is 267 Å². The minimum absolute atomic E-state index is 0.983. The van der Waals surface area contributed by atoms with Gasteiger partial charge < -0.3 is 9.38 Å². The zero-order valence-corrected chi connectivity index (χ0v) is 27.8. The van der Waals surface area contributed by atoms with E-state index in [4.69, 9.17) is 0 Å². The lowest BCUT2D eigenvalue weighted by Gasteiger charge is -2.42. The predicted octanol–water partition coefficient (Wildman–Crippen LogP) is 10.5. The maximum atomic E-state index is 2.76. The van der Waals surface area contributed by atoms with Crippen molar-refractivity contribution in [2.45, 2.75) is 92.2 Å². The summed E-state index contributed by atoms with van der Waals surface area (Å²) in [5.41, 5.74) is 13.1. The molecule has 4 aromatic carbocycles. The van der Waals surface area contributed by atoms with E-state index in [0.717, 1.165) is 13.1 Å². The van der Waals surface area contributed by atoms with Gasteiger partial charge in [0.15, 0.2) is 0 Å². The van der Waals surface area contributed by atoms with Crippen LogP contribution in [0.5, 0.6) is 0 Å². The Bertz CT molecular complexity index is 1570. The summed E-state index contributed by atoms with van der Waals surface area (Å²) in [7, 11) is 0. The van der Waals surface area contributed by atoms with Crippen molar-refractivity contribution in [3.8, 4) is 0 Å². The van der Waals surface area contributed by atoms with Crippen LogP contribution in [0.15, 0.2) is 84.4 Å². The van der Waals surface area contributed by atoms with E-state index in [1.54, 1.807) is 5.57 Å². The standard InChI is InChI=1S/C42H53N2/c1-32-23-33(2)26-36(25-32)30-43(42(39-15-12-16-39)41-18-17-38-13-6-7-14-40(38)29-41)19-8-11-22-44(20-9-5-10-21-44)31-37-27-34(3)24-35(4)28-37/h6-7,13-14,17-18,23-29H,5,8-12,15-16,19-22,30-31H2,1-4H3/q+1. The van der Waals surface area contributed by atoms with Gasteiger partial charge in [-0.2, -0.15) is 0 Å². The Morgan fingerprint density at radius 3 is 1.91 bits per heavy atom. The number of allylic oxidation sites excluding steroid dienone is 1. The number of piperidine rings is 1. The van der Waals surface area contributed by atoms with E-state index in [1.807, 2.05) is 0 Å². The van der Waals surface area contributed by atoms with Gasteiger partial charge in [0.2, 0.25) is 0 Å². The third kappa shape index (κ3) is 7.46. The van der Waals surface area contributed by atoms with Crippen LogP contribution in [0.4, 0.5) is 0 Å². The summed E-state index contributed by atoms with van der Waals surface area (Å²) in [5.74, 6) is 0. The van der Waals surface area contributed by atoms with Crippen molar-refractivity contribution in [1.29, 1.82) is 0 Å². The number of aryl methyl sites for hydroxylation is 4. The number of quaternary nitrogens is 1. The lowest BCUT2D eigenvalue weighted by molar-refractivity contribution is -0.945. The monoisotopic (exact) mass is 585 g/mol. The van der Waals surface area contributed by atoms with Gasteiger partial charge >= 0.3 is 0 Å². The minimum Gasteiger partial charge on any atom is -0.367 e. The first-order chi connectivity index (χ1) is 21.4. The summed E-state index contributed by atoms with van der Waals surface area (Å²) >= 11 is 0. The fraction of sp³-hybridized carbons (Fsp3) is 0.429. The quantitative estimate of drug-likeness (QED) is 0.125. The molecule has 2 aliphatic rings. The first-order valence-corrected chi connectivity index (χ1v) is 17.3. The molecular weight excluding hydrogens is 532 g/mol. The second-order valence-electron chi connectivity index (χ2n) is 14.2. The number of unbranched alkanes of at least 4 members (excludes halogenated alkanes) is 1. The molecule has 44 heavy (non-hydrogen) atoms. The highest BCUT2D eigenvalue weighted by Crippen LogP contribution is 2.38. The number of likely N-dealkylation sites (tertiary alicyclic amines) is 1. The first kappa shape index (κ1) is 30.7. The molecule has 0 spiro atoms. The van der Waals surface area contributed by atoms with Crippen LogP contribution >= 0.6 is 0 Å². The van der Waals surface area contributed by atoms with Gasteiger partial charge in [0, 0.05) is 24.4 Å². The summed E-state index contributed by atoms with van der Waals surface area (Å²) < 4.78 is 1.28. The lowest BCUT2D eigenvalue weighted by atomic mass is 9.87. The van der Waals surface area contributed by atoms with Crippen molar-refractivity contribution in [2.24, 2.45) is 0 Å². The van der Waals surface area contributed by atoms with Crippen LogP contribution in [0.2, 0.25) is 0 Å². The number of benzene rings is 4. The Hall–Kier alpha value is -3.36. The van der Waals surface area contributed by atoms with Gasteiger partial charge in [0.1, 0.15) is 6.54 Å². The van der Waals surface area contributed by atoms with Crippen LogP contribution < -0.4 is 0 Å². The van der Waals surface area contributed by atoms with Crippen LogP contribution in [0, 0.1) is 27.7 Å². The summed E-state index contributed by atoms with van der Waals surface area (Å²) in [6.07, 6.45) is 10.5. The molecule has 6 rings (SSSR count). The van der Waals surface area contributed by atoms with Crippen molar-refractivity contribution < 1.29 is 4.48 Å². The smallest absolute Gasteiger partial charge is 0.104 e. The number of hydrogen-bond acceptors (Lipinski definition) is 1. The molecule has 0 amide bonds. The van der Waals surface area contributed by atoms with Crippen molar-refractivity contribution in [3.05, 3.63) is 123 Å². The highest BCUT2D eigenvalue weighted by Gasteiger charge is 2.30. The molecular formula is C42H53N2+. The van der Waals surface area contributed by atoms with Crippen LogP contribution in [0.25, 0.3) is 16.5 Å². The molecule has 0 unspecified atom stereocenters. The van der Waals surface area contributed by atoms with Crippen LogP contribution in [-0.4, -0.2) is 35.6 Å². The molecule has 0 N–H and O–H groups in total. The van der Waals surface area contributed by atoms with Gasteiger partial charge in [-0.05, 0) is 113 Å². The first-order valence-electron chi connectivity index (χ1n) is 17.3. The summed E-state index contributed by atoms with van der Waals surface area (Å²) in [5, 5.41) is 2.67. The van der Waals surface area contributed by atoms with Crippen molar-refractivity contribution in [2.75, 3.05) is 26.2 Å². The number of rotatable bonds is 11. The van der Waals surface area contributed by atoms with Crippen LogP contribution in [-0.2, 0) is 13.1 Å². The maximum absolute atomic E-state index is 2.76. The molecule has 4 aromatic rings. The highest BCUT2D eigenvalue weighted by molar-refractivity contribution is 5.86. The van der Waals surface area contributed by atoms with Gasteiger partial charge in [-0.15, -0.1) is 0 Å². The van der Waals surface area contributed by atoms with Crippen molar-refractivity contribution in [1.82, 2.24) is 4.90 Å². The maximum Gasteiger partial charge on any atom is 0.104 e.